The van der Waals surface area contributed by atoms with Crippen LogP contribution < -0.4 is 5.32 Å². The lowest BCUT2D eigenvalue weighted by molar-refractivity contribution is 0.588. The van der Waals surface area contributed by atoms with Gasteiger partial charge in [-0.25, -0.2) is 0 Å². The number of allylic oxidation sites excluding steroid dienone is 1. The maximum absolute atomic E-state index is 3.66. The summed E-state index contributed by atoms with van der Waals surface area (Å²) in [6.07, 6.45) is 8.85. The third-order valence-electron chi connectivity index (χ3n) is 4.22. The smallest absolute Gasteiger partial charge is 0.0762 e. The lowest BCUT2D eigenvalue weighted by Gasteiger charge is -2.21. The van der Waals surface area contributed by atoms with Crippen LogP contribution in [0, 0.1) is 0 Å². The SMILES string of the molecule is C(NC(c1ccccc1)c1ccccc1)=C1CCCCC1. The van der Waals surface area contributed by atoms with E-state index < -0.39 is 0 Å². The molecular formula is C20H23N. The van der Waals surface area contributed by atoms with Crippen LogP contribution >= 0.6 is 0 Å². The molecule has 0 saturated heterocycles. The Morgan fingerprint density at radius 1 is 0.714 bits per heavy atom. The Balaban J connectivity index is 1.83. The van der Waals surface area contributed by atoms with E-state index in [0.29, 0.717) is 0 Å². The van der Waals surface area contributed by atoms with Gasteiger partial charge in [-0.15, -0.1) is 0 Å². The van der Waals surface area contributed by atoms with Gasteiger partial charge in [0.05, 0.1) is 6.04 Å². The van der Waals surface area contributed by atoms with Crippen molar-refractivity contribution in [2.24, 2.45) is 0 Å². The first-order valence-electron chi connectivity index (χ1n) is 7.97. The molecule has 0 bridgehead atoms. The van der Waals surface area contributed by atoms with Crippen LogP contribution in [-0.4, -0.2) is 0 Å². The standard InChI is InChI=1S/C20H23N/c1-4-10-17(11-5-1)16-21-20(18-12-6-2-7-13-18)19-14-8-3-9-15-19/h2-3,6-9,12-16,20-21H,1,4-5,10-11H2. The lowest BCUT2D eigenvalue weighted by Crippen LogP contribution is -2.18. The molecule has 0 aliphatic heterocycles. The number of hydrogen-bond acceptors (Lipinski definition) is 1. The van der Waals surface area contributed by atoms with Crippen molar-refractivity contribution in [1.82, 2.24) is 5.32 Å². The highest BCUT2D eigenvalue weighted by Gasteiger charge is 2.12. The van der Waals surface area contributed by atoms with E-state index in [0.717, 1.165) is 0 Å². The van der Waals surface area contributed by atoms with Crippen LogP contribution in [0.25, 0.3) is 0 Å². The largest absolute Gasteiger partial charge is 0.380 e. The molecule has 3 rings (SSSR count). The van der Waals surface area contributed by atoms with Gasteiger partial charge in [0.2, 0.25) is 0 Å². The fourth-order valence-corrected chi connectivity index (χ4v) is 3.03. The first-order valence-corrected chi connectivity index (χ1v) is 7.97. The zero-order valence-corrected chi connectivity index (χ0v) is 12.5. The molecule has 0 aromatic heterocycles. The highest BCUT2D eigenvalue weighted by atomic mass is 14.9. The summed E-state index contributed by atoms with van der Waals surface area (Å²) in [5.41, 5.74) is 4.20. The maximum Gasteiger partial charge on any atom is 0.0762 e. The number of nitrogens with one attached hydrogen (secondary N) is 1. The summed E-state index contributed by atoms with van der Waals surface area (Å²) >= 11 is 0. The second kappa shape index (κ2) is 7.12. The first-order chi connectivity index (χ1) is 10.4. The molecule has 0 atom stereocenters. The van der Waals surface area contributed by atoms with Gasteiger partial charge in [-0.3, -0.25) is 0 Å². The van der Waals surface area contributed by atoms with Gasteiger partial charge in [0.1, 0.15) is 0 Å². The van der Waals surface area contributed by atoms with E-state index in [1.54, 1.807) is 5.57 Å². The van der Waals surface area contributed by atoms with Gasteiger partial charge in [0, 0.05) is 0 Å². The molecule has 108 valence electrons. The fourth-order valence-electron chi connectivity index (χ4n) is 3.03. The van der Waals surface area contributed by atoms with Gasteiger partial charge in [-0.05, 0) is 43.0 Å². The normalized spacial score (nSPS) is 15.0. The van der Waals surface area contributed by atoms with Crippen molar-refractivity contribution in [2.75, 3.05) is 0 Å². The Morgan fingerprint density at radius 2 is 1.24 bits per heavy atom. The molecule has 0 radical (unpaired) electrons. The van der Waals surface area contributed by atoms with Gasteiger partial charge in [0.15, 0.2) is 0 Å². The molecular weight excluding hydrogens is 254 g/mol. The van der Waals surface area contributed by atoms with Gasteiger partial charge in [-0.2, -0.15) is 0 Å². The molecule has 2 aromatic rings. The average molecular weight is 277 g/mol. The van der Waals surface area contributed by atoms with E-state index in [4.69, 9.17) is 0 Å². The molecule has 1 aliphatic rings. The second-order valence-corrected chi connectivity index (χ2v) is 5.78. The molecule has 0 spiro atoms. The first kappa shape index (κ1) is 13.9. The Labute approximate surface area is 127 Å². The number of hydrogen-bond donors (Lipinski definition) is 1. The summed E-state index contributed by atoms with van der Waals surface area (Å²) in [7, 11) is 0. The summed E-state index contributed by atoms with van der Waals surface area (Å²) in [4.78, 5) is 0. The predicted molar refractivity (Wildman–Crippen MR) is 89.0 cm³/mol. The van der Waals surface area contributed by atoms with E-state index in [2.05, 4.69) is 72.2 Å². The van der Waals surface area contributed by atoms with E-state index in [-0.39, 0.29) is 6.04 Å². The topological polar surface area (TPSA) is 12.0 Å². The minimum atomic E-state index is 0.238. The molecule has 1 N–H and O–H groups in total. The Bertz CT molecular complexity index is 524. The zero-order valence-electron chi connectivity index (χ0n) is 12.5. The van der Waals surface area contributed by atoms with Crippen molar-refractivity contribution in [2.45, 2.75) is 38.1 Å². The molecule has 2 aromatic carbocycles. The second-order valence-electron chi connectivity index (χ2n) is 5.78. The molecule has 0 amide bonds. The van der Waals surface area contributed by atoms with Crippen molar-refractivity contribution >= 4 is 0 Å². The van der Waals surface area contributed by atoms with E-state index >= 15 is 0 Å². The van der Waals surface area contributed by atoms with Crippen LogP contribution in [-0.2, 0) is 0 Å². The third kappa shape index (κ3) is 3.75. The zero-order chi connectivity index (χ0) is 14.3. The van der Waals surface area contributed by atoms with Crippen molar-refractivity contribution in [3.05, 3.63) is 83.6 Å². The highest BCUT2D eigenvalue weighted by Crippen LogP contribution is 2.25. The molecule has 1 fully saturated rings. The van der Waals surface area contributed by atoms with Gasteiger partial charge >= 0.3 is 0 Å². The average Bonchev–Trinajstić information content (AvgIpc) is 2.58. The summed E-state index contributed by atoms with van der Waals surface area (Å²) in [5, 5.41) is 3.66. The van der Waals surface area contributed by atoms with Crippen LogP contribution in [0.15, 0.2) is 72.4 Å². The van der Waals surface area contributed by atoms with Crippen molar-refractivity contribution in [3.63, 3.8) is 0 Å². The summed E-state index contributed by atoms with van der Waals surface area (Å²) in [6, 6.07) is 21.6. The summed E-state index contributed by atoms with van der Waals surface area (Å²) in [5.74, 6) is 0. The minimum absolute atomic E-state index is 0.238. The molecule has 1 aliphatic carbocycles. The molecule has 0 heterocycles. The van der Waals surface area contributed by atoms with Gasteiger partial charge in [-0.1, -0.05) is 72.7 Å². The molecule has 21 heavy (non-hydrogen) atoms. The van der Waals surface area contributed by atoms with Crippen LogP contribution in [0.2, 0.25) is 0 Å². The minimum Gasteiger partial charge on any atom is -0.380 e. The molecule has 1 heteroatoms. The van der Waals surface area contributed by atoms with Crippen molar-refractivity contribution in [1.29, 1.82) is 0 Å². The number of benzene rings is 2. The van der Waals surface area contributed by atoms with Crippen LogP contribution in [0.1, 0.15) is 49.3 Å². The van der Waals surface area contributed by atoms with E-state index in [9.17, 15) is 0 Å². The molecule has 0 unspecified atom stereocenters. The number of rotatable bonds is 4. The lowest BCUT2D eigenvalue weighted by atomic mass is 9.95. The third-order valence-corrected chi connectivity index (χ3v) is 4.22. The quantitative estimate of drug-likeness (QED) is 0.808. The Kier molecular flexibility index (Phi) is 4.73. The molecule has 1 saturated carbocycles. The summed E-state index contributed by atoms with van der Waals surface area (Å²) < 4.78 is 0. The van der Waals surface area contributed by atoms with Gasteiger partial charge < -0.3 is 5.32 Å². The van der Waals surface area contributed by atoms with Crippen LogP contribution in [0.3, 0.4) is 0 Å². The monoisotopic (exact) mass is 277 g/mol. The van der Waals surface area contributed by atoms with Crippen LogP contribution in [0.5, 0.6) is 0 Å². The highest BCUT2D eigenvalue weighted by molar-refractivity contribution is 5.32. The van der Waals surface area contributed by atoms with Crippen LogP contribution in [0.4, 0.5) is 0 Å². The van der Waals surface area contributed by atoms with E-state index in [1.165, 1.54) is 43.2 Å². The maximum atomic E-state index is 3.66. The summed E-state index contributed by atoms with van der Waals surface area (Å²) in [6.45, 7) is 0. The molecule has 1 nitrogen and oxygen atoms in total. The Morgan fingerprint density at radius 3 is 1.76 bits per heavy atom. The van der Waals surface area contributed by atoms with E-state index in [1.807, 2.05) is 0 Å². The predicted octanol–water partition coefficient (Wildman–Crippen LogP) is 5.21. The fraction of sp³-hybridized carbons (Fsp3) is 0.300. The Hall–Kier alpha value is -2.02. The van der Waals surface area contributed by atoms with Crippen molar-refractivity contribution in [3.8, 4) is 0 Å². The van der Waals surface area contributed by atoms with Crippen molar-refractivity contribution < 1.29 is 0 Å². The van der Waals surface area contributed by atoms with Gasteiger partial charge in [0.25, 0.3) is 0 Å².